The molecule has 29 heavy (non-hydrogen) atoms. The summed E-state index contributed by atoms with van der Waals surface area (Å²) in [4.78, 5) is 0. The van der Waals surface area contributed by atoms with Crippen molar-refractivity contribution in [1.82, 2.24) is 0 Å². The summed E-state index contributed by atoms with van der Waals surface area (Å²) in [7, 11) is 0. The molecule has 5 rings (SSSR count). The average molecular weight is 377 g/mol. The molecule has 3 atom stereocenters. The number of hydrogen-bond acceptors (Lipinski definition) is 0. The van der Waals surface area contributed by atoms with Gasteiger partial charge in [-0.05, 0) is 51.5 Å². The summed E-state index contributed by atoms with van der Waals surface area (Å²) in [5.41, 5.74) is 8.67. The van der Waals surface area contributed by atoms with E-state index in [1.54, 1.807) is 5.57 Å². The van der Waals surface area contributed by atoms with Crippen LogP contribution in [0.2, 0.25) is 0 Å². The number of rotatable bonds is 3. The highest BCUT2D eigenvalue weighted by molar-refractivity contribution is 5.84. The summed E-state index contributed by atoms with van der Waals surface area (Å²) in [5.74, 6) is 1.47. The van der Waals surface area contributed by atoms with Crippen molar-refractivity contribution in [3.05, 3.63) is 125 Å². The van der Waals surface area contributed by atoms with Crippen LogP contribution in [0.4, 0.5) is 0 Å². The van der Waals surface area contributed by atoms with Crippen molar-refractivity contribution < 1.29 is 0 Å². The second kappa shape index (κ2) is 6.88. The van der Waals surface area contributed by atoms with Gasteiger partial charge in [0, 0.05) is 5.92 Å². The van der Waals surface area contributed by atoms with Crippen molar-refractivity contribution in [1.29, 1.82) is 0 Å². The fraction of sp³-hybridized carbons (Fsp3) is 0.241. The van der Waals surface area contributed by atoms with Crippen LogP contribution in [0, 0.1) is 17.3 Å². The molecule has 0 aromatic heterocycles. The lowest BCUT2D eigenvalue weighted by Crippen LogP contribution is -2.29. The van der Waals surface area contributed by atoms with E-state index in [1.165, 1.54) is 34.3 Å². The van der Waals surface area contributed by atoms with Crippen LogP contribution >= 0.6 is 0 Å². The second-order valence-electron chi connectivity index (χ2n) is 9.09. The molecule has 2 fully saturated rings. The Morgan fingerprint density at radius 3 is 1.76 bits per heavy atom. The molecule has 0 unspecified atom stereocenters. The summed E-state index contributed by atoms with van der Waals surface area (Å²) >= 11 is 0. The minimum Gasteiger partial charge on any atom is -0.0990 e. The van der Waals surface area contributed by atoms with Crippen LogP contribution in [0.25, 0.3) is 5.57 Å². The van der Waals surface area contributed by atoms with E-state index in [9.17, 15) is 0 Å². The van der Waals surface area contributed by atoms with Crippen molar-refractivity contribution in [2.45, 2.75) is 26.2 Å². The molecule has 2 aliphatic rings. The second-order valence-corrected chi connectivity index (χ2v) is 9.09. The molecule has 0 aliphatic heterocycles. The molecule has 2 bridgehead atoms. The molecule has 0 heterocycles. The van der Waals surface area contributed by atoms with Crippen molar-refractivity contribution in [3.63, 3.8) is 0 Å². The van der Waals surface area contributed by atoms with E-state index in [-0.39, 0.29) is 5.41 Å². The zero-order valence-corrected chi connectivity index (χ0v) is 17.3. The minimum atomic E-state index is 0.139. The predicted octanol–water partition coefficient (Wildman–Crippen LogP) is 7.50. The lowest BCUT2D eigenvalue weighted by molar-refractivity contribution is 0.339. The van der Waals surface area contributed by atoms with Gasteiger partial charge in [0.15, 0.2) is 0 Å². The number of fused-ring (bicyclic) bond motifs is 2. The van der Waals surface area contributed by atoms with E-state index in [0.29, 0.717) is 17.8 Å². The Bertz CT molecular complexity index is 1010. The Morgan fingerprint density at radius 1 is 0.759 bits per heavy atom. The van der Waals surface area contributed by atoms with Crippen LogP contribution in [-0.4, -0.2) is 0 Å². The van der Waals surface area contributed by atoms with Crippen LogP contribution < -0.4 is 0 Å². The first-order valence-corrected chi connectivity index (χ1v) is 10.7. The van der Waals surface area contributed by atoms with Crippen LogP contribution in [-0.2, 0) is 0 Å². The quantitative estimate of drug-likeness (QED) is 0.415. The van der Waals surface area contributed by atoms with Gasteiger partial charge < -0.3 is 0 Å². The maximum absolute atomic E-state index is 4.58. The Labute approximate surface area is 174 Å². The maximum Gasteiger partial charge on any atom is 0.0126 e. The van der Waals surface area contributed by atoms with Gasteiger partial charge >= 0.3 is 0 Å². The standard InChI is InChI=1S/C29H28/c1-20-24-19-25(29(20,2)3)28(27(24)23-17-11-6-12-18-23)26(21-13-7-4-8-14-21)22-15-9-5-10-16-22/h4-18,24-25,27H,1,19H2,2-3H3/t24-,25+,27+/m1/s1. The first-order chi connectivity index (χ1) is 14.1. The van der Waals surface area contributed by atoms with Gasteiger partial charge in [0.05, 0.1) is 0 Å². The Balaban J connectivity index is 1.82. The average Bonchev–Trinajstić information content (AvgIpc) is 3.25. The lowest BCUT2D eigenvalue weighted by Gasteiger charge is -2.40. The topological polar surface area (TPSA) is 0 Å². The van der Waals surface area contributed by atoms with Gasteiger partial charge in [-0.1, -0.05) is 117 Å². The first-order valence-electron chi connectivity index (χ1n) is 10.7. The molecule has 144 valence electrons. The Kier molecular flexibility index (Phi) is 4.32. The van der Waals surface area contributed by atoms with Crippen molar-refractivity contribution >= 4 is 5.57 Å². The van der Waals surface area contributed by atoms with Gasteiger partial charge in [0.2, 0.25) is 0 Å². The molecule has 0 radical (unpaired) electrons. The molecular formula is C29H28. The number of benzene rings is 3. The van der Waals surface area contributed by atoms with E-state index in [1.807, 2.05) is 0 Å². The monoisotopic (exact) mass is 376 g/mol. The van der Waals surface area contributed by atoms with Gasteiger partial charge in [0.25, 0.3) is 0 Å². The van der Waals surface area contributed by atoms with Crippen molar-refractivity contribution in [2.75, 3.05) is 0 Å². The zero-order valence-electron chi connectivity index (χ0n) is 17.3. The van der Waals surface area contributed by atoms with Crippen LogP contribution in [0.3, 0.4) is 0 Å². The molecule has 0 spiro atoms. The van der Waals surface area contributed by atoms with Gasteiger partial charge in [-0.2, -0.15) is 0 Å². The summed E-state index contributed by atoms with van der Waals surface area (Å²) in [6.07, 6.45) is 1.21. The molecular weight excluding hydrogens is 348 g/mol. The summed E-state index contributed by atoms with van der Waals surface area (Å²) < 4.78 is 0. The fourth-order valence-electron chi connectivity index (χ4n) is 5.79. The normalized spacial score (nSPS) is 24.7. The largest absolute Gasteiger partial charge is 0.0990 e. The molecule has 0 nitrogen and oxygen atoms in total. The highest BCUT2D eigenvalue weighted by Crippen LogP contribution is 2.67. The summed E-state index contributed by atoms with van der Waals surface area (Å²) in [6, 6.07) is 33.0. The summed E-state index contributed by atoms with van der Waals surface area (Å²) in [5, 5.41) is 0. The minimum absolute atomic E-state index is 0.139. The molecule has 0 saturated heterocycles. The third kappa shape index (κ3) is 2.82. The van der Waals surface area contributed by atoms with E-state index >= 15 is 0 Å². The zero-order chi connectivity index (χ0) is 20.0. The Morgan fingerprint density at radius 2 is 1.24 bits per heavy atom. The number of hydrogen-bond donors (Lipinski definition) is 0. The lowest BCUT2D eigenvalue weighted by atomic mass is 9.64. The fourth-order valence-corrected chi connectivity index (χ4v) is 5.79. The SMILES string of the molecule is C=C1[C@H]2C[C@@H](C(=C(c3ccccc3)c3ccccc3)[C@H]2c2ccccc2)C1(C)C. The summed E-state index contributed by atoms with van der Waals surface area (Å²) in [6.45, 7) is 9.38. The third-order valence-corrected chi connectivity index (χ3v) is 7.32. The van der Waals surface area contributed by atoms with Gasteiger partial charge in [-0.3, -0.25) is 0 Å². The van der Waals surface area contributed by atoms with Crippen LogP contribution in [0.15, 0.2) is 109 Å². The van der Waals surface area contributed by atoms with Crippen molar-refractivity contribution in [2.24, 2.45) is 17.3 Å². The van der Waals surface area contributed by atoms with Crippen LogP contribution in [0.1, 0.15) is 42.9 Å². The van der Waals surface area contributed by atoms with E-state index < -0.39 is 0 Å². The van der Waals surface area contributed by atoms with Crippen molar-refractivity contribution in [3.8, 4) is 0 Å². The van der Waals surface area contributed by atoms with Crippen LogP contribution in [0.5, 0.6) is 0 Å². The predicted molar refractivity (Wildman–Crippen MR) is 123 cm³/mol. The van der Waals surface area contributed by atoms with E-state index in [2.05, 4.69) is 111 Å². The highest BCUT2D eigenvalue weighted by Gasteiger charge is 2.56. The molecule has 0 amide bonds. The highest BCUT2D eigenvalue weighted by atomic mass is 14.6. The molecule has 3 aromatic rings. The third-order valence-electron chi connectivity index (χ3n) is 7.32. The van der Waals surface area contributed by atoms with Gasteiger partial charge in [-0.25, -0.2) is 0 Å². The van der Waals surface area contributed by atoms with E-state index in [4.69, 9.17) is 0 Å². The first kappa shape index (κ1) is 18.2. The van der Waals surface area contributed by atoms with E-state index in [0.717, 1.165) is 0 Å². The number of allylic oxidation sites excluding steroid dienone is 2. The smallest absolute Gasteiger partial charge is 0.0126 e. The van der Waals surface area contributed by atoms with Gasteiger partial charge in [-0.15, -0.1) is 0 Å². The molecule has 2 saturated carbocycles. The molecule has 3 aromatic carbocycles. The maximum atomic E-state index is 4.58. The molecule has 0 N–H and O–H groups in total. The molecule has 0 heteroatoms. The van der Waals surface area contributed by atoms with Gasteiger partial charge in [0.1, 0.15) is 0 Å². The molecule has 2 aliphatic carbocycles. The Hall–Kier alpha value is -2.86.